The van der Waals surface area contributed by atoms with Crippen LogP contribution in [0.3, 0.4) is 0 Å². The van der Waals surface area contributed by atoms with Gasteiger partial charge in [0.1, 0.15) is 11.6 Å². The Morgan fingerprint density at radius 2 is 1.93 bits per heavy atom. The topological polar surface area (TPSA) is 49.8 Å². The monoisotopic (exact) mass is 396 g/mol. The normalized spacial score (nSPS) is 15.0. The minimum Gasteiger partial charge on any atom is -0.497 e. The van der Waals surface area contributed by atoms with E-state index in [1.807, 2.05) is 35.4 Å². The fourth-order valence-electron chi connectivity index (χ4n) is 4.08. The Morgan fingerprint density at radius 1 is 1.17 bits per heavy atom. The maximum Gasteiger partial charge on any atom is 0.254 e. The van der Waals surface area contributed by atoms with Gasteiger partial charge in [0.2, 0.25) is 0 Å². The van der Waals surface area contributed by atoms with Crippen LogP contribution in [0.1, 0.15) is 22.3 Å². The minimum atomic E-state index is -0.193. The Hall–Kier alpha value is -2.86. The van der Waals surface area contributed by atoms with Crippen LogP contribution in [-0.2, 0) is 6.42 Å². The number of hydrogen-bond acceptors (Lipinski definition) is 2. The van der Waals surface area contributed by atoms with E-state index in [-0.39, 0.29) is 11.7 Å². The van der Waals surface area contributed by atoms with Crippen LogP contribution in [0.15, 0.2) is 48.7 Å². The zero-order valence-corrected chi connectivity index (χ0v) is 16.7. The summed E-state index contributed by atoms with van der Waals surface area (Å²) in [6, 6.07) is 12.2. The molecule has 0 atom stereocenters. The van der Waals surface area contributed by atoms with E-state index in [0.717, 1.165) is 62.2 Å². The molecule has 0 saturated carbocycles. The number of benzene rings is 2. The highest BCUT2D eigenvalue weighted by Gasteiger charge is 2.24. The van der Waals surface area contributed by atoms with E-state index < -0.39 is 0 Å². The highest BCUT2D eigenvalue weighted by Crippen LogP contribution is 2.20. The lowest BCUT2D eigenvalue weighted by molar-refractivity contribution is -0.904. The van der Waals surface area contributed by atoms with Gasteiger partial charge in [-0.25, -0.2) is 4.39 Å². The van der Waals surface area contributed by atoms with Crippen LogP contribution in [0.5, 0.6) is 5.75 Å². The Labute approximate surface area is 170 Å². The molecule has 1 aliphatic rings. The molecule has 6 heteroatoms. The summed E-state index contributed by atoms with van der Waals surface area (Å²) >= 11 is 0. The zero-order chi connectivity index (χ0) is 20.2. The lowest BCUT2D eigenvalue weighted by atomic mass is 10.1. The highest BCUT2D eigenvalue weighted by atomic mass is 19.1. The van der Waals surface area contributed by atoms with Crippen LogP contribution >= 0.6 is 0 Å². The van der Waals surface area contributed by atoms with Crippen molar-refractivity contribution in [2.45, 2.75) is 12.8 Å². The van der Waals surface area contributed by atoms with Crippen LogP contribution in [0, 0.1) is 5.82 Å². The summed E-state index contributed by atoms with van der Waals surface area (Å²) in [5, 5.41) is 0.981. The first-order chi connectivity index (χ1) is 14.1. The van der Waals surface area contributed by atoms with E-state index in [1.54, 1.807) is 19.2 Å². The molecule has 1 aromatic heterocycles. The van der Waals surface area contributed by atoms with Gasteiger partial charge in [0.15, 0.2) is 0 Å². The second-order valence-electron chi connectivity index (χ2n) is 7.63. The summed E-state index contributed by atoms with van der Waals surface area (Å²) in [5.74, 6) is 0.655. The number of nitrogens with one attached hydrogen (secondary N) is 2. The van der Waals surface area contributed by atoms with Gasteiger partial charge in [-0.1, -0.05) is 0 Å². The number of ether oxygens (including phenoxy) is 1. The molecule has 0 radical (unpaired) electrons. The Kier molecular flexibility index (Phi) is 5.81. The third-order valence-electron chi connectivity index (χ3n) is 5.80. The highest BCUT2D eigenvalue weighted by molar-refractivity contribution is 5.94. The van der Waals surface area contributed by atoms with Gasteiger partial charge in [-0.3, -0.25) is 4.79 Å². The number of aromatic amines is 1. The van der Waals surface area contributed by atoms with Crippen LogP contribution in [-0.4, -0.2) is 55.6 Å². The van der Waals surface area contributed by atoms with Crippen molar-refractivity contribution in [3.8, 4) is 5.75 Å². The molecule has 29 heavy (non-hydrogen) atoms. The van der Waals surface area contributed by atoms with Crippen molar-refractivity contribution in [1.29, 1.82) is 0 Å². The number of quaternary nitrogens is 1. The molecular formula is C23H27FN3O2+. The predicted molar refractivity (Wildman–Crippen MR) is 111 cm³/mol. The Morgan fingerprint density at radius 3 is 2.66 bits per heavy atom. The van der Waals surface area contributed by atoms with E-state index >= 15 is 0 Å². The number of fused-ring (bicyclic) bond motifs is 1. The fraction of sp³-hybridized carbons (Fsp3) is 0.348. The molecule has 152 valence electrons. The van der Waals surface area contributed by atoms with Crippen LogP contribution in [0.2, 0.25) is 0 Å². The first-order valence-electron chi connectivity index (χ1n) is 10.2. The van der Waals surface area contributed by atoms with Crippen molar-refractivity contribution in [2.75, 3.05) is 39.8 Å². The van der Waals surface area contributed by atoms with E-state index in [1.165, 1.54) is 16.5 Å². The molecule has 0 unspecified atom stereocenters. The minimum absolute atomic E-state index is 0.0903. The molecule has 2 N–H and O–H groups in total. The third-order valence-corrected chi connectivity index (χ3v) is 5.80. The number of amides is 1. The van der Waals surface area contributed by atoms with Gasteiger partial charge >= 0.3 is 0 Å². The van der Waals surface area contributed by atoms with Crippen LogP contribution in [0.25, 0.3) is 10.9 Å². The van der Waals surface area contributed by atoms with Gasteiger partial charge in [0, 0.05) is 29.1 Å². The second-order valence-corrected chi connectivity index (χ2v) is 7.63. The van der Waals surface area contributed by atoms with Crippen molar-refractivity contribution in [1.82, 2.24) is 9.88 Å². The van der Waals surface area contributed by atoms with Gasteiger partial charge < -0.3 is 19.5 Å². The van der Waals surface area contributed by atoms with Crippen molar-refractivity contribution in [2.24, 2.45) is 0 Å². The first kappa shape index (κ1) is 19.5. The molecule has 2 aromatic carbocycles. The molecule has 3 aromatic rings. The molecule has 0 aliphatic carbocycles. The lowest BCUT2D eigenvalue weighted by Crippen LogP contribution is -3.14. The van der Waals surface area contributed by atoms with E-state index in [9.17, 15) is 9.18 Å². The van der Waals surface area contributed by atoms with Crippen molar-refractivity contribution < 1.29 is 18.8 Å². The van der Waals surface area contributed by atoms with Crippen LogP contribution < -0.4 is 9.64 Å². The molecule has 5 nitrogen and oxygen atoms in total. The number of hydrogen-bond donors (Lipinski definition) is 2. The third kappa shape index (κ3) is 4.43. The molecule has 1 fully saturated rings. The number of nitrogens with zero attached hydrogens (tertiary/aromatic N) is 1. The molecule has 1 aliphatic heterocycles. The maximum atomic E-state index is 13.5. The summed E-state index contributed by atoms with van der Waals surface area (Å²) in [7, 11) is 1.62. The number of methoxy groups -OCH3 is 1. The number of aryl methyl sites for hydroxylation is 1. The number of carbonyl (C=O) groups excluding carboxylic acids is 1. The number of rotatable bonds is 6. The maximum absolute atomic E-state index is 13.5. The molecule has 0 bridgehead atoms. The zero-order valence-electron chi connectivity index (χ0n) is 16.7. The van der Waals surface area contributed by atoms with Gasteiger partial charge in [0.05, 0.1) is 39.8 Å². The standard InChI is InChI=1S/C23H26FN3O2/c1-29-20-7-4-17(5-8-20)23(28)27-13-11-26(12-14-27)10-2-3-18-16-25-22-9-6-19(24)15-21(18)22/h4-9,15-16,25H,2-3,10-14H2,1H3/p+1. The van der Waals surface area contributed by atoms with Crippen molar-refractivity contribution in [3.63, 3.8) is 0 Å². The SMILES string of the molecule is COc1ccc(C(=O)N2CC[NH+](CCCc3c[nH]c4ccc(F)cc34)CC2)cc1. The first-order valence-corrected chi connectivity index (χ1v) is 10.2. The molecule has 4 rings (SSSR count). The van der Waals surface area contributed by atoms with Gasteiger partial charge in [-0.05, 0) is 54.4 Å². The molecular weight excluding hydrogens is 369 g/mol. The van der Waals surface area contributed by atoms with Crippen molar-refractivity contribution >= 4 is 16.8 Å². The number of aromatic nitrogens is 1. The van der Waals surface area contributed by atoms with Gasteiger partial charge in [-0.2, -0.15) is 0 Å². The fourth-order valence-corrected chi connectivity index (χ4v) is 4.08. The average Bonchev–Trinajstić information content (AvgIpc) is 3.16. The summed E-state index contributed by atoms with van der Waals surface area (Å²) in [6.07, 6.45) is 3.97. The quantitative estimate of drug-likeness (QED) is 0.672. The molecule has 1 amide bonds. The largest absolute Gasteiger partial charge is 0.497 e. The number of H-pyrrole nitrogens is 1. The van der Waals surface area contributed by atoms with Gasteiger partial charge in [0.25, 0.3) is 5.91 Å². The van der Waals surface area contributed by atoms with E-state index in [0.29, 0.717) is 5.56 Å². The van der Waals surface area contributed by atoms with E-state index in [2.05, 4.69) is 4.98 Å². The van der Waals surface area contributed by atoms with Crippen LogP contribution in [0.4, 0.5) is 4.39 Å². The number of carbonyl (C=O) groups is 1. The summed E-state index contributed by atoms with van der Waals surface area (Å²) in [6.45, 7) is 4.54. The van der Waals surface area contributed by atoms with E-state index in [4.69, 9.17) is 4.74 Å². The average molecular weight is 396 g/mol. The summed E-state index contributed by atoms with van der Waals surface area (Å²) in [5.41, 5.74) is 2.87. The predicted octanol–water partition coefficient (Wildman–Crippen LogP) is 2.29. The number of piperazine rings is 1. The molecule has 0 spiro atoms. The second kappa shape index (κ2) is 8.66. The molecule has 2 heterocycles. The number of halogens is 1. The summed E-state index contributed by atoms with van der Waals surface area (Å²) < 4.78 is 18.7. The Bertz CT molecular complexity index is 975. The Balaban J connectivity index is 1.25. The summed E-state index contributed by atoms with van der Waals surface area (Å²) in [4.78, 5) is 19.3. The van der Waals surface area contributed by atoms with Gasteiger partial charge in [-0.15, -0.1) is 0 Å². The smallest absolute Gasteiger partial charge is 0.254 e. The molecule has 1 saturated heterocycles. The van der Waals surface area contributed by atoms with Crippen molar-refractivity contribution in [3.05, 3.63) is 65.6 Å². The lowest BCUT2D eigenvalue weighted by Gasteiger charge is -2.32.